The van der Waals surface area contributed by atoms with Gasteiger partial charge in [-0.25, -0.2) is 4.79 Å². The molecule has 13 heteroatoms. The number of aliphatic carboxylic acids is 1. The summed E-state index contributed by atoms with van der Waals surface area (Å²) in [6.45, 7) is 8.09. The number of unbranched alkanes of at least 4 members (excludes halogenated alkanes) is 1. The maximum Gasteiger partial charge on any atom is 0.326 e. The molecule has 0 aromatic rings. The minimum absolute atomic E-state index is 0.0341. The fourth-order valence-corrected chi connectivity index (χ4v) is 3.60. The fourth-order valence-electron chi connectivity index (χ4n) is 3.60. The summed E-state index contributed by atoms with van der Waals surface area (Å²) in [7, 11) is 0. The average molecular weight is 529 g/mol. The number of carboxylic acids is 1. The van der Waals surface area contributed by atoms with Gasteiger partial charge in [0.15, 0.2) is 5.96 Å². The lowest BCUT2D eigenvalue weighted by Crippen LogP contribution is -2.58. The molecule has 5 unspecified atom stereocenters. The molecule has 13 nitrogen and oxygen atoms in total. The van der Waals surface area contributed by atoms with E-state index >= 15 is 0 Å². The molecule has 0 spiro atoms. The first-order chi connectivity index (χ1) is 17.3. The van der Waals surface area contributed by atoms with Crippen molar-refractivity contribution < 1.29 is 24.3 Å². The summed E-state index contributed by atoms with van der Waals surface area (Å²) < 4.78 is 0. The molecule has 12 N–H and O–H groups in total. The molecule has 0 aromatic heterocycles. The topological polar surface area (TPSA) is 241 Å². The van der Waals surface area contributed by atoms with E-state index in [4.69, 9.17) is 22.9 Å². The van der Waals surface area contributed by atoms with E-state index < -0.39 is 47.9 Å². The molecule has 0 rings (SSSR count). The maximum absolute atomic E-state index is 13.2. The van der Waals surface area contributed by atoms with Crippen molar-refractivity contribution in [3.05, 3.63) is 0 Å². The Morgan fingerprint density at radius 2 is 1.46 bits per heavy atom. The number of guanidine groups is 1. The summed E-state index contributed by atoms with van der Waals surface area (Å²) in [6, 6.07) is -3.86. The molecule has 0 saturated carbocycles. The van der Waals surface area contributed by atoms with E-state index in [0.29, 0.717) is 51.6 Å². The van der Waals surface area contributed by atoms with Crippen LogP contribution in [0.1, 0.15) is 72.6 Å². The predicted molar refractivity (Wildman–Crippen MR) is 143 cm³/mol. The van der Waals surface area contributed by atoms with Crippen molar-refractivity contribution in [2.45, 2.75) is 96.8 Å². The van der Waals surface area contributed by atoms with Gasteiger partial charge in [0.2, 0.25) is 17.7 Å². The molecule has 0 bridgehead atoms. The van der Waals surface area contributed by atoms with Crippen molar-refractivity contribution in [2.24, 2.45) is 39.8 Å². The van der Waals surface area contributed by atoms with E-state index in [2.05, 4.69) is 20.9 Å². The normalized spacial score (nSPS) is 15.1. The molecule has 0 radical (unpaired) electrons. The largest absolute Gasteiger partial charge is 0.480 e. The summed E-state index contributed by atoms with van der Waals surface area (Å²) in [5, 5.41) is 17.5. The summed E-state index contributed by atoms with van der Waals surface area (Å²) in [4.78, 5) is 54.4. The number of hydrogen-bond acceptors (Lipinski definition) is 7. The van der Waals surface area contributed by atoms with E-state index in [1.54, 1.807) is 6.92 Å². The Bertz CT molecular complexity index is 757. The fraction of sp³-hybridized carbons (Fsp3) is 0.792. The zero-order chi connectivity index (χ0) is 28.5. The van der Waals surface area contributed by atoms with Crippen molar-refractivity contribution in [1.29, 1.82) is 0 Å². The van der Waals surface area contributed by atoms with Crippen LogP contribution in [0.3, 0.4) is 0 Å². The average Bonchev–Trinajstić information content (AvgIpc) is 2.82. The summed E-state index contributed by atoms with van der Waals surface area (Å²) in [6.07, 6.45) is 3.16. The van der Waals surface area contributed by atoms with Gasteiger partial charge in [0.25, 0.3) is 0 Å². The second-order valence-electron chi connectivity index (χ2n) is 9.80. The van der Waals surface area contributed by atoms with Gasteiger partial charge < -0.3 is 44.0 Å². The first-order valence-corrected chi connectivity index (χ1v) is 13.0. The van der Waals surface area contributed by atoms with Crippen molar-refractivity contribution in [3.63, 3.8) is 0 Å². The smallest absolute Gasteiger partial charge is 0.326 e. The van der Waals surface area contributed by atoms with Gasteiger partial charge in [-0.3, -0.25) is 19.4 Å². The summed E-state index contributed by atoms with van der Waals surface area (Å²) >= 11 is 0. The zero-order valence-electron chi connectivity index (χ0n) is 22.7. The highest BCUT2D eigenvalue weighted by Gasteiger charge is 2.32. The van der Waals surface area contributed by atoms with Crippen LogP contribution in [0.2, 0.25) is 0 Å². The van der Waals surface area contributed by atoms with Crippen LogP contribution in [0.5, 0.6) is 0 Å². The number of carboxylic acid groups (broad SMARTS) is 1. The number of nitrogens with zero attached hydrogens (tertiary/aromatic N) is 1. The highest BCUT2D eigenvalue weighted by molar-refractivity contribution is 5.94. The van der Waals surface area contributed by atoms with Crippen LogP contribution < -0.4 is 38.9 Å². The van der Waals surface area contributed by atoms with E-state index in [1.165, 1.54) is 0 Å². The number of nitrogens with two attached hydrogens (primary N) is 4. The molecule has 0 aliphatic rings. The zero-order valence-corrected chi connectivity index (χ0v) is 22.7. The van der Waals surface area contributed by atoms with Gasteiger partial charge in [0.05, 0.1) is 6.04 Å². The molecule has 3 amide bonds. The van der Waals surface area contributed by atoms with Gasteiger partial charge in [0.1, 0.15) is 18.1 Å². The Kier molecular flexibility index (Phi) is 16.9. The monoisotopic (exact) mass is 528 g/mol. The molecule has 0 fully saturated rings. The third-order valence-electron chi connectivity index (χ3n) is 6.00. The van der Waals surface area contributed by atoms with E-state index in [-0.39, 0.29) is 24.2 Å². The second kappa shape index (κ2) is 18.3. The third kappa shape index (κ3) is 14.4. The number of amides is 3. The van der Waals surface area contributed by atoms with E-state index in [9.17, 15) is 24.3 Å². The van der Waals surface area contributed by atoms with Gasteiger partial charge in [-0.1, -0.05) is 34.1 Å². The lowest BCUT2D eigenvalue weighted by molar-refractivity contribution is -0.144. The molecular weight excluding hydrogens is 480 g/mol. The molecule has 0 aromatic carbocycles. The van der Waals surface area contributed by atoms with Gasteiger partial charge in [0, 0.05) is 6.54 Å². The van der Waals surface area contributed by atoms with E-state index in [1.807, 2.05) is 20.8 Å². The second-order valence-corrected chi connectivity index (χ2v) is 9.80. The molecule has 0 aliphatic heterocycles. The van der Waals surface area contributed by atoms with Crippen LogP contribution in [0.25, 0.3) is 0 Å². The van der Waals surface area contributed by atoms with Crippen LogP contribution >= 0.6 is 0 Å². The number of rotatable bonds is 19. The van der Waals surface area contributed by atoms with Crippen molar-refractivity contribution in [3.8, 4) is 0 Å². The standard InChI is InChI=1S/C24H48N8O5/c1-5-15(4)19(23(36)37)32-22(35)18(13-14(2)3)31-21(34)17(10-6-7-11-25)30-20(33)16(26)9-8-12-29-24(27)28/h14-19H,5-13,25-26H2,1-4H3,(H,30,33)(H,31,34)(H,32,35)(H,36,37)(H4,27,28,29). The van der Waals surface area contributed by atoms with Crippen LogP contribution in [0.15, 0.2) is 4.99 Å². The number of aliphatic imine (C=N–C) groups is 1. The molecule has 5 atom stereocenters. The third-order valence-corrected chi connectivity index (χ3v) is 6.00. The Labute approximate surface area is 219 Å². The van der Waals surface area contributed by atoms with Crippen molar-refractivity contribution in [2.75, 3.05) is 13.1 Å². The SMILES string of the molecule is CCC(C)C(NC(=O)C(CC(C)C)NC(=O)C(CCCCN)NC(=O)C(N)CCCN=C(N)N)C(=O)O. The van der Waals surface area contributed by atoms with Crippen LogP contribution in [0.4, 0.5) is 0 Å². The van der Waals surface area contributed by atoms with Crippen LogP contribution in [-0.4, -0.2) is 72.0 Å². The van der Waals surface area contributed by atoms with Gasteiger partial charge in [-0.15, -0.1) is 0 Å². The number of carbonyl (C=O) groups excluding carboxylic acids is 3. The first-order valence-electron chi connectivity index (χ1n) is 13.0. The van der Waals surface area contributed by atoms with Crippen LogP contribution in [0, 0.1) is 11.8 Å². The maximum atomic E-state index is 13.2. The molecule has 0 heterocycles. The number of nitrogens with one attached hydrogen (secondary N) is 3. The highest BCUT2D eigenvalue weighted by atomic mass is 16.4. The van der Waals surface area contributed by atoms with Crippen molar-refractivity contribution in [1.82, 2.24) is 16.0 Å². The number of carbonyl (C=O) groups is 4. The summed E-state index contributed by atoms with van der Waals surface area (Å²) in [5.41, 5.74) is 22.1. The molecule has 0 aliphatic carbocycles. The molecular formula is C24H48N8O5. The Hall–Kier alpha value is -2.93. The lowest BCUT2D eigenvalue weighted by atomic mass is 9.97. The Balaban J connectivity index is 5.47. The Morgan fingerprint density at radius 3 is 1.97 bits per heavy atom. The minimum Gasteiger partial charge on any atom is -0.480 e. The molecule has 0 saturated heterocycles. The Morgan fingerprint density at radius 1 is 0.865 bits per heavy atom. The summed E-state index contributed by atoms with van der Waals surface area (Å²) in [5.74, 6) is -3.09. The lowest BCUT2D eigenvalue weighted by Gasteiger charge is -2.27. The molecule has 37 heavy (non-hydrogen) atoms. The molecule has 214 valence electrons. The highest BCUT2D eigenvalue weighted by Crippen LogP contribution is 2.12. The minimum atomic E-state index is -1.14. The van der Waals surface area contributed by atoms with Gasteiger partial charge in [-0.2, -0.15) is 0 Å². The van der Waals surface area contributed by atoms with Gasteiger partial charge in [-0.05, 0) is 56.9 Å². The van der Waals surface area contributed by atoms with Gasteiger partial charge >= 0.3 is 5.97 Å². The van der Waals surface area contributed by atoms with Crippen molar-refractivity contribution >= 4 is 29.7 Å². The van der Waals surface area contributed by atoms with Crippen LogP contribution in [-0.2, 0) is 19.2 Å². The predicted octanol–water partition coefficient (Wildman–Crippen LogP) is -0.872. The van der Waals surface area contributed by atoms with E-state index in [0.717, 1.165) is 0 Å². The first kappa shape index (κ1) is 34.1. The number of hydrogen-bond donors (Lipinski definition) is 8. The quantitative estimate of drug-likeness (QED) is 0.0589.